The molecular weight excluding hydrogens is 200 g/mol. The molecule has 0 aromatic heterocycles. The fraction of sp³-hybridized carbons (Fsp3) is 0.357. The minimum absolute atomic E-state index is 0.236. The van der Waals surface area contributed by atoms with E-state index in [1.54, 1.807) is 6.92 Å². The molecule has 1 rings (SSSR count). The molecule has 86 valence electrons. The lowest BCUT2D eigenvalue weighted by Gasteiger charge is -2.07. The first-order chi connectivity index (χ1) is 7.56. The van der Waals surface area contributed by atoms with Gasteiger partial charge in [0.25, 0.3) is 0 Å². The Morgan fingerprint density at radius 2 is 1.75 bits per heavy atom. The molecule has 0 N–H and O–H groups in total. The summed E-state index contributed by atoms with van der Waals surface area (Å²) in [4.78, 5) is 11.5. The van der Waals surface area contributed by atoms with E-state index in [-0.39, 0.29) is 5.97 Å². The lowest BCUT2D eigenvalue weighted by Crippen LogP contribution is -2.06. The van der Waals surface area contributed by atoms with Gasteiger partial charge in [-0.05, 0) is 38.8 Å². The Balaban J connectivity index is 2.99. The van der Waals surface area contributed by atoms with E-state index in [0.717, 1.165) is 11.1 Å². The summed E-state index contributed by atoms with van der Waals surface area (Å²) in [6.45, 7) is 8.01. The van der Waals surface area contributed by atoms with Gasteiger partial charge in [0.2, 0.25) is 0 Å². The van der Waals surface area contributed by atoms with Crippen LogP contribution in [0.25, 0.3) is 5.57 Å². The predicted molar refractivity (Wildman–Crippen MR) is 66.1 cm³/mol. The van der Waals surface area contributed by atoms with Crippen molar-refractivity contribution in [1.29, 1.82) is 0 Å². The van der Waals surface area contributed by atoms with E-state index >= 15 is 0 Å². The van der Waals surface area contributed by atoms with Crippen molar-refractivity contribution in [1.82, 2.24) is 0 Å². The van der Waals surface area contributed by atoms with Crippen molar-refractivity contribution < 1.29 is 9.53 Å². The highest BCUT2D eigenvalue weighted by atomic mass is 16.5. The van der Waals surface area contributed by atoms with E-state index in [1.165, 1.54) is 5.56 Å². The molecule has 0 aliphatic carbocycles. The molecule has 1 aromatic rings. The summed E-state index contributed by atoms with van der Waals surface area (Å²) in [5.41, 5.74) is 3.92. The van der Waals surface area contributed by atoms with Crippen LogP contribution in [0.4, 0.5) is 0 Å². The van der Waals surface area contributed by atoms with Crippen LogP contribution in [0.3, 0.4) is 0 Å². The van der Waals surface area contributed by atoms with Gasteiger partial charge in [-0.1, -0.05) is 29.8 Å². The number of carbonyl (C=O) groups excluding carboxylic acids is 1. The lowest BCUT2D eigenvalue weighted by molar-refractivity contribution is -0.138. The summed E-state index contributed by atoms with van der Waals surface area (Å²) in [5, 5.41) is 0. The van der Waals surface area contributed by atoms with Crippen LogP contribution in [0.5, 0.6) is 0 Å². The van der Waals surface area contributed by atoms with Crippen molar-refractivity contribution in [3.05, 3.63) is 41.0 Å². The first-order valence-corrected chi connectivity index (χ1v) is 5.48. The molecule has 0 radical (unpaired) electrons. The summed E-state index contributed by atoms with van der Waals surface area (Å²) in [6, 6.07) is 8.12. The number of hydrogen-bond acceptors (Lipinski definition) is 2. The molecule has 0 atom stereocenters. The monoisotopic (exact) mass is 218 g/mol. The maximum atomic E-state index is 11.5. The highest BCUT2D eigenvalue weighted by Gasteiger charge is 2.09. The van der Waals surface area contributed by atoms with Gasteiger partial charge in [0.1, 0.15) is 0 Å². The largest absolute Gasteiger partial charge is 0.463 e. The molecule has 0 saturated heterocycles. The minimum atomic E-state index is -0.236. The molecule has 0 heterocycles. The fourth-order valence-electron chi connectivity index (χ4n) is 1.41. The summed E-state index contributed by atoms with van der Waals surface area (Å²) in [5.74, 6) is -0.236. The highest BCUT2D eigenvalue weighted by Crippen LogP contribution is 2.19. The summed E-state index contributed by atoms with van der Waals surface area (Å²) < 4.78 is 4.97. The van der Waals surface area contributed by atoms with Crippen molar-refractivity contribution in [2.24, 2.45) is 0 Å². The number of carbonyl (C=O) groups is 1. The van der Waals surface area contributed by atoms with E-state index in [9.17, 15) is 4.79 Å². The third-order valence-corrected chi connectivity index (χ3v) is 2.63. The number of allylic oxidation sites excluding steroid dienone is 1. The van der Waals surface area contributed by atoms with Crippen LogP contribution in [-0.4, -0.2) is 12.6 Å². The standard InChI is InChI=1S/C14H18O2/c1-5-16-14(15)12(4)11(3)13-8-6-10(2)7-9-13/h6-9H,5H2,1-4H3/b12-11-. The summed E-state index contributed by atoms with van der Waals surface area (Å²) in [7, 11) is 0. The molecule has 0 bridgehead atoms. The second-order valence-electron chi connectivity index (χ2n) is 3.84. The minimum Gasteiger partial charge on any atom is -0.463 e. The van der Waals surface area contributed by atoms with Gasteiger partial charge in [0.15, 0.2) is 0 Å². The average molecular weight is 218 g/mol. The molecule has 0 unspecified atom stereocenters. The zero-order valence-electron chi connectivity index (χ0n) is 10.3. The van der Waals surface area contributed by atoms with Crippen molar-refractivity contribution in [2.45, 2.75) is 27.7 Å². The molecule has 2 heteroatoms. The van der Waals surface area contributed by atoms with E-state index in [2.05, 4.69) is 0 Å². The van der Waals surface area contributed by atoms with Crippen LogP contribution in [-0.2, 0) is 9.53 Å². The Morgan fingerprint density at radius 3 is 2.25 bits per heavy atom. The molecule has 1 aromatic carbocycles. The maximum Gasteiger partial charge on any atom is 0.333 e. The second kappa shape index (κ2) is 5.50. The quantitative estimate of drug-likeness (QED) is 0.574. The van der Waals surface area contributed by atoms with Gasteiger partial charge in [-0.2, -0.15) is 0 Å². The van der Waals surface area contributed by atoms with Gasteiger partial charge in [0.05, 0.1) is 6.61 Å². The topological polar surface area (TPSA) is 26.3 Å². The Morgan fingerprint density at radius 1 is 1.19 bits per heavy atom. The molecule has 0 spiro atoms. The number of aryl methyl sites for hydroxylation is 1. The van der Waals surface area contributed by atoms with Gasteiger partial charge >= 0.3 is 5.97 Å². The zero-order valence-corrected chi connectivity index (χ0v) is 10.3. The third kappa shape index (κ3) is 2.96. The Bertz CT molecular complexity index is 399. The molecule has 0 aliphatic heterocycles. The van der Waals surface area contributed by atoms with Gasteiger partial charge in [-0.15, -0.1) is 0 Å². The normalized spacial score (nSPS) is 12.0. The molecule has 16 heavy (non-hydrogen) atoms. The van der Waals surface area contributed by atoms with Gasteiger partial charge < -0.3 is 4.74 Å². The molecule has 0 saturated carbocycles. The van der Waals surface area contributed by atoms with Crippen LogP contribution in [0.2, 0.25) is 0 Å². The summed E-state index contributed by atoms with van der Waals surface area (Å²) >= 11 is 0. The first kappa shape index (κ1) is 12.5. The number of rotatable bonds is 3. The average Bonchev–Trinajstić information content (AvgIpc) is 2.28. The molecule has 0 amide bonds. The molecule has 2 nitrogen and oxygen atoms in total. The molecule has 0 aliphatic rings. The van der Waals surface area contributed by atoms with E-state index in [4.69, 9.17) is 4.74 Å². The van der Waals surface area contributed by atoms with Crippen molar-refractivity contribution >= 4 is 11.5 Å². The third-order valence-electron chi connectivity index (χ3n) is 2.63. The number of ether oxygens (including phenoxy) is 1. The Hall–Kier alpha value is -1.57. The van der Waals surface area contributed by atoms with Crippen LogP contribution >= 0.6 is 0 Å². The summed E-state index contributed by atoms with van der Waals surface area (Å²) in [6.07, 6.45) is 0. The number of hydrogen-bond donors (Lipinski definition) is 0. The number of benzene rings is 1. The second-order valence-corrected chi connectivity index (χ2v) is 3.84. The van der Waals surface area contributed by atoms with Crippen molar-refractivity contribution in [2.75, 3.05) is 6.61 Å². The van der Waals surface area contributed by atoms with Crippen LogP contribution in [0.1, 0.15) is 31.9 Å². The fourth-order valence-corrected chi connectivity index (χ4v) is 1.41. The van der Waals surface area contributed by atoms with Gasteiger partial charge in [-0.25, -0.2) is 4.79 Å². The lowest BCUT2D eigenvalue weighted by atomic mass is 10.0. The Kier molecular flexibility index (Phi) is 4.29. The van der Waals surface area contributed by atoms with E-state index in [1.807, 2.05) is 45.0 Å². The SMILES string of the molecule is CCOC(=O)/C(C)=C(/C)c1ccc(C)cc1. The first-order valence-electron chi connectivity index (χ1n) is 5.48. The van der Waals surface area contributed by atoms with E-state index < -0.39 is 0 Å². The molecule has 0 fully saturated rings. The van der Waals surface area contributed by atoms with Gasteiger partial charge in [-0.3, -0.25) is 0 Å². The van der Waals surface area contributed by atoms with Crippen LogP contribution < -0.4 is 0 Å². The Labute approximate surface area is 96.9 Å². The zero-order chi connectivity index (χ0) is 12.1. The molecular formula is C14H18O2. The number of esters is 1. The maximum absolute atomic E-state index is 11.5. The van der Waals surface area contributed by atoms with Gasteiger partial charge in [0, 0.05) is 5.57 Å². The smallest absolute Gasteiger partial charge is 0.333 e. The van der Waals surface area contributed by atoms with Crippen LogP contribution in [0, 0.1) is 6.92 Å². The predicted octanol–water partition coefficient (Wildman–Crippen LogP) is 3.35. The highest BCUT2D eigenvalue weighted by molar-refractivity contribution is 5.96. The van der Waals surface area contributed by atoms with Crippen molar-refractivity contribution in [3.63, 3.8) is 0 Å². The van der Waals surface area contributed by atoms with Crippen LogP contribution in [0.15, 0.2) is 29.8 Å². The van der Waals surface area contributed by atoms with Crippen molar-refractivity contribution in [3.8, 4) is 0 Å². The van der Waals surface area contributed by atoms with E-state index in [0.29, 0.717) is 12.2 Å².